The summed E-state index contributed by atoms with van der Waals surface area (Å²) in [5.41, 5.74) is 1.34. The third-order valence-electron chi connectivity index (χ3n) is 8.74. The van der Waals surface area contributed by atoms with Gasteiger partial charge >= 0.3 is 240 Å². The number of fused-ring (bicyclic) bond motifs is 1. The number of hydrogen-bond donors (Lipinski definition) is 0. The van der Waals surface area contributed by atoms with Gasteiger partial charge in [0.25, 0.3) is 0 Å². The summed E-state index contributed by atoms with van der Waals surface area (Å²) >= 11 is 2.41. The molecule has 2 aromatic heterocycles. The van der Waals surface area contributed by atoms with E-state index in [9.17, 15) is 10.1 Å². The van der Waals surface area contributed by atoms with E-state index in [1.165, 1.54) is 12.4 Å². The van der Waals surface area contributed by atoms with E-state index >= 15 is 4.39 Å². The first-order valence-electron chi connectivity index (χ1n) is 15.3. The minimum Gasteiger partial charge on any atom is -0.0524 e. The van der Waals surface area contributed by atoms with E-state index in [0.29, 0.717) is 51.4 Å². The van der Waals surface area contributed by atoms with Crippen molar-refractivity contribution < 1.29 is 13.9 Å². The fourth-order valence-electron chi connectivity index (χ4n) is 6.84. The smallest absolute Gasteiger partial charge is 0.0524 e. The molecule has 0 bridgehead atoms. The Balaban J connectivity index is 1.29. The summed E-state index contributed by atoms with van der Waals surface area (Å²) in [5, 5.41) is 15.6. The van der Waals surface area contributed by atoms with Crippen LogP contribution in [0.25, 0.3) is 22.3 Å². The van der Waals surface area contributed by atoms with Crippen molar-refractivity contribution >= 4 is 38.3 Å². The number of carbonyl (C=O) groups is 1. The Kier molecular flexibility index (Phi) is 9.02. The number of amides is 1. The van der Waals surface area contributed by atoms with Gasteiger partial charge in [-0.15, -0.1) is 0 Å². The number of nitriles is 1. The Morgan fingerprint density at radius 1 is 1.16 bits per heavy atom. The number of ether oxygens (including phenoxy) is 1. The number of likely N-dealkylation sites (tertiary alicyclic amines) is 1. The molecular weight excluding hydrogens is 632 g/mol. The number of para-hydroxylation sites is 1. The van der Waals surface area contributed by atoms with Crippen LogP contribution < -0.4 is 9.22 Å². The number of halogens is 1. The molecule has 6 rings (SSSR count). The molecule has 1 aliphatic heterocycles. The summed E-state index contributed by atoms with van der Waals surface area (Å²) in [6, 6.07) is 16.0. The summed E-state index contributed by atoms with van der Waals surface area (Å²) in [4.78, 5) is 26.7. The third-order valence-corrected chi connectivity index (χ3v) is 9.45. The summed E-state index contributed by atoms with van der Waals surface area (Å²) in [7, 11) is 4.06. The van der Waals surface area contributed by atoms with Crippen molar-refractivity contribution in [2.24, 2.45) is 5.41 Å². The number of aromatic nitrogens is 4. The molecule has 1 saturated heterocycles. The molecule has 1 amide bonds. The molecule has 0 N–H and O–H groups in total. The standard InChI is InChI=1S/C34H35AsFN7O2/c1-41(2)21-34(14-6-7-15-34)18-23(19-37)33(44)42-16-8-9-24(42)20-43-32-29(31(35)38-22-39-32)30(40-43)27-13-12-26(17-28(27)36)45-25-10-4-3-5-11-25/h3-5,10-13,17-18,22,24H,6-9,14-16,20-21H2,1-2H3/b23-18+/t24-/m0/s1. The summed E-state index contributed by atoms with van der Waals surface area (Å²) < 4.78 is 23.8. The van der Waals surface area contributed by atoms with Gasteiger partial charge in [-0.25, -0.2) is 0 Å². The quantitative estimate of drug-likeness (QED) is 0.144. The van der Waals surface area contributed by atoms with Crippen LogP contribution in [0.2, 0.25) is 0 Å². The van der Waals surface area contributed by atoms with E-state index in [4.69, 9.17) is 9.84 Å². The topological polar surface area (TPSA) is 100 Å². The van der Waals surface area contributed by atoms with Crippen LogP contribution in [0.4, 0.5) is 4.39 Å². The zero-order chi connectivity index (χ0) is 31.6. The first-order chi connectivity index (χ1) is 21.8. The minimum absolute atomic E-state index is 0.162. The Morgan fingerprint density at radius 2 is 1.93 bits per heavy atom. The second kappa shape index (κ2) is 13.1. The molecule has 2 aromatic carbocycles. The monoisotopic (exact) mass is 667 g/mol. The number of nitrogens with zero attached hydrogens (tertiary/aromatic N) is 7. The molecule has 2 radical (unpaired) electrons. The van der Waals surface area contributed by atoms with Crippen LogP contribution in [-0.4, -0.2) is 85.5 Å². The van der Waals surface area contributed by atoms with Gasteiger partial charge in [-0.1, -0.05) is 12.8 Å². The van der Waals surface area contributed by atoms with E-state index < -0.39 is 5.82 Å². The number of benzene rings is 2. The normalized spacial score (nSPS) is 18.1. The van der Waals surface area contributed by atoms with Crippen molar-refractivity contribution in [3.8, 4) is 28.8 Å². The molecule has 9 nitrogen and oxygen atoms in total. The van der Waals surface area contributed by atoms with E-state index in [-0.39, 0.29) is 22.9 Å². The predicted octanol–water partition coefficient (Wildman–Crippen LogP) is 4.78. The molecule has 0 spiro atoms. The van der Waals surface area contributed by atoms with Gasteiger partial charge in [-0.2, -0.15) is 0 Å². The molecule has 0 unspecified atom stereocenters. The fraction of sp³-hybridized carbons (Fsp3) is 0.382. The van der Waals surface area contributed by atoms with Crippen LogP contribution in [0, 0.1) is 22.6 Å². The van der Waals surface area contributed by atoms with Gasteiger partial charge in [0.05, 0.1) is 0 Å². The van der Waals surface area contributed by atoms with Crippen molar-refractivity contribution in [3.63, 3.8) is 0 Å². The SMILES string of the molecule is CN(C)CC1(/C=C(\C#N)C(=O)N2CCC[C@H]2Cn2nc(-c3ccc(Oc4ccccc4)cc3F)c3c([As])ncnc32)CCCC1. The minimum atomic E-state index is -0.481. The summed E-state index contributed by atoms with van der Waals surface area (Å²) in [5.74, 6) is 0.276. The molecule has 2 fully saturated rings. The van der Waals surface area contributed by atoms with Gasteiger partial charge in [-0.05, 0) is 14.1 Å². The van der Waals surface area contributed by atoms with Gasteiger partial charge in [-0.3, -0.25) is 0 Å². The van der Waals surface area contributed by atoms with Crippen LogP contribution in [0.1, 0.15) is 38.5 Å². The van der Waals surface area contributed by atoms with Gasteiger partial charge in [0.1, 0.15) is 0 Å². The second-order valence-electron chi connectivity index (χ2n) is 12.3. The Bertz CT molecular complexity index is 1780. The molecule has 2 aliphatic rings. The maximum atomic E-state index is 15.6. The molecular formula is C34H35AsFN7O2. The maximum absolute atomic E-state index is 15.6. The van der Waals surface area contributed by atoms with Crippen molar-refractivity contribution in [1.29, 1.82) is 5.26 Å². The third kappa shape index (κ3) is 6.51. The average Bonchev–Trinajstić information content (AvgIpc) is 3.76. The van der Waals surface area contributed by atoms with Gasteiger partial charge in [0.15, 0.2) is 0 Å². The van der Waals surface area contributed by atoms with Crippen LogP contribution in [0.15, 0.2) is 66.5 Å². The predicted molar refractivity (Wildman–Crippen MR) is 171 cm³/mol. The zero-order valence-corrected chi connectivity index (χ0v) is 27.4. The van der Waals surface area contributed by atoms with Crippen LogP contribution in [0.5, 0.6) is 11.5 Å². The Hall–Kier alpha value is -4.06. The van der Waals surface area contributed by atoms with Crippen molar-refractivity contribution in [1.82, 2.24) is 29.5 Å². The van der Waals surface area contributed by atoms with Crippen LogP contribution in [-0.2, 0) is 11.3 Å². The van der Waals surface area contributed by atoms with Gasteiger partial charge < -0.3 is 4.90 Å². The fourth-order valence-corrected chi connectivity index (χ4v) is 7.38. The first-order valence-corrected chi connectivity index (χ1v) is 16.2. The molecule has 1 aliphatic carbocycles. The van der Waals surface area contributed by atoms with Crippen LogP contribution in [0.3, 0.4) is 0 Å². The van der Waals surface area contributed by atoms with E-state index in [1.54, 1.807) is 21.7 Å². The summed E-state index contributed by atoms with van der Waals surface area (Å²) in [6.45, 7) is 1.74. The Morgan fingerprint density at radius 3 is 2.64 bits per heavy atom. The van der Waals surface area contributed by atoms with Crippen molar-refractivity contribution in [2.45, 2.75) is 51.1 Å². The van der Waals surface area contributed by atoms with E-state index in [0.717, 1.165) is 45.1 Å². The van der Waals surface area contributed by atoms with Gasteiger partial charge in [0, 0.05) is 0 Å². The molecule has 4 aromatic rings. The second-order valence-corrected chi connectivity index (χ2v) is 13.1. The van der Waals surface area contributed by atoms with E-state index in [1.807, 2.05) is 50.5 Å². The number of hydrogen-bond acceptors (Lipinski definition) is 7. The van der Waals surface area contributed by atoms with E-state index in [2.05, 4.69) is 37.8 Å². The molecule has 1 atom stereocenters. The zero-order valence-electron chi connectivity index (χ0n) is 25.5. The van der Waals surface area contributed by atoms with Crippen molar-refractivity contribution in [3.05, 3.63) is 72.3 Å². The molecule has 1 saturated carbocycles. The molecule has 3 heterocycles. The number of carbonyl (C=O) groups excluding carboxylic acids is 1. The molecule has 230 valence electrons. The first kappa shape index (κ1) is 30.9. The summed E-state index contributed by atoms with van der Waals surface area (Å²) in [6.07, 6.45) is 9.15. The molecule has 11 heteroatoms. The average molecular weight is 668 g/mol. The van der Waals surface area contributed by atoms with Crippen molar-refractivity contribution in [2.75, 3.05) is 27.2 Å². The van der Waals surface area contributed by atoms with Gasteiger partial charge in [0.2, 0.25) is 0 Å². The molecule has 45 heavy (non-hydrogen) atoms. The number of rotatable bonds is 9. The van der Waals surface area contributed by atoms with Crippen LogP contribution >= 0.6 is 0 Å². The Labute approximate surface area is 271 Å².